The maximum Gasteiger partial charge on any atom is 0.228 e. The molecule has 0 saturated heterocycles. The predicted octanol–water partition coefficient (Wildman–Crippen LogP) is 3.89. The van der Waals surface area contributed by atoms with Gasteiger partial charge < -0.3 is 5.32 Å². The number of aromatic nitrogens is 1. The lowest BCUT2D eigenvalue weighted by atomic mass is 9.98. The predicted molar refractivity (Wildman–Crippen MR) is 71.2 cm³/mol. The van der Waals surface area contributed by atoms with Crippen molar-refractivity contribution in [3.8, 4) is 0 Å². The van der Waals surface area contributed by atoms with Gasteiger partial charge in [-0.25, -0.2) is 4.98 Å². The SMILES string of the molecule is CCCC[C@@H](CC)C(=O)Nc1ccc(Cl)cn1. The van der Waals surface area contributed by atoms with Gasteiger partial charge in [-0.3, -0.25) is 4.79 Å². The summed E-state index contributed by atoms with van der Waals surface area (Å²) in [6.07, 6.45) is 5.53. The van der Waals surface area contributed by atoms with Gasteiger partial charge in [0.1, 0.15) is 5.82 Å². The van der Waals surface area contributed by atoms with Gasteiger partial charge in [0.25, 0.3) is 0 Å². The Labute approximate surface area is 108 Å². The van der Waals surface area contributed by atoms with Crippen LogP contribution in [0.15, 0.2) is 18.3 Å². The lowest BCUT2D eigenvalue weighted by Gasteiger charge is -2.13. The molecule has 1 rings (SSSR count). The second kappa shape index (κ2) is 7.28. The second-order valence-corrected chi connectivity index (χ2v) is 4.53. The number of hydrogen-bond acceptors (Lipinski definition) is 2. The fraction of sp³-hybridized carbons (Fsp3) is 0.538. The number of halogens is 1. The van der Waals surface area contributed by atoms with Crippen molar-refractivity contribution in [2.45, 2.75) is 39.5 Å². The van der Waals surface area contributed by atoms with Gasteiger partial charge in [-0.15, -0.1) is 0 Å². The first kappa shape index (κ1) is 14.0. The summed E-state index contributed by atoms with van der Waals surface area (Å²) < 4.78 is 0. The second-order valence-electron chi connectivity index (χ2n) is 4.10. The first-order valence-corrected chi connectivity index (χ1v) is 6.47. The van der Waals surface area contributed by atoms with Gasteiger partial charge in [-0.05, 0) is 25.0 Å². The van der Waals surface area contributed by atoms with Crippen molar-refractivity contribution >= 4 is 23.3 Å². The first-order chi connectivity index (χ1) is 8.17. The maximum absolute atomic E-state index is 12.0. The Bertz CT molecular complexity index is 351. The van der Waals surface area contributed by atoms with Gasteiger partial charge in [0.05, 0.1) is 5.02 Å². The third kappa shape index (κ3) is 4.73. The number of carbonyl (C=O) groups is 1. The van der Waals surface area contributed by atoms with Crippen molar-refractivity contribution in [3.05, 3.63) is 23.4 Å². The Kier molecular flexibility index (Phi) is 5.98. The van der Waals surface area contributed by atoms with Crippen LogP contribution in [0.3, 0.4) is 0 Å². The highest BCUT2D eigenvalue weighted by Gasteiger charge is 2.15. The summed E-state index contributed by atoms with van der Waals surface area (Å²) >= 11 is 5.73. The van der Waals surface area contributed by atoms with Gasteiger partial charge in [0.2, 0.25) is 5.91 Å². The Balaban J connectivity index is 2.54. The molecule has 0 bridgehead atoms. The van der Waals surface area contributed by atoms with E-state index in [9.17, 15) is 4.79 Å². The van der Waals surface area contributed by atoms with Crippen LogP contribution in [-0.4, -0.2) is 10.9 Å². The number of hydrogen-bond donors (Lipinski definition) is 1. The molecule has 4 heteroatoms. The van der Waals surface area contributed by atoms with E-state index in [2.05, 4.69) is 17.2 Å². The summed E-state index contributed by atoms with van der Waals surface area (Å²) in [5, 5.41) is 3.39. The summed E-state index contributed by atoms with van der Waals surface area (Å²) in [6, 6.07) is 3.43. The molecule has 1 heterocycles. The fourth-order valence-corrected chi connectivity index (χ4v) is 1.76. The monoisotopic (exact) mass is 254 g/mol. The lowest BCUT2D eigenvalue weighted by molar-refractivity contribution is -0.120. The van der Waals surface area contributed by atoms with E-state index in [4.69, 9.17) is 11.6 Å². The average Bonchev–Trinajstić information content (AvgIpc) is 2.33. The van der Waals surface area contributed by atoms with E-state index in [1.165, 1.54) is 6.20 Å². The third-order valence-corrected chi connectivity index (χ3v) is 2.97. The van der Waals surface area contributed by atoms with Crippen LogP contribution in [0.2, 0.25) is 5.02 Å². The van der Waals surface area contributed by atoms with E-state index >= 15 is 0 Å². The van der Waals surface area contributed by atoms with Crippen molar-refractivity contribution in [2.24, 2.45) is 5.92 Å². The fourth-order valence-electron chi connectivity index (χ4n) is 1.65. The molecule has 94 valence electrons. The highest BCUT2D eigenvalue weighted by atomic mass is 35.5. The molecule has 0 unspecified atom stereocenters. The highest BCUT2D eigenvalue weighted by molar-refractivity contribution is 6.30. The smallest absolute Gasteiger partial charge is 0.228 e. The van der Waals surface area contributed by atoms with Gasteiger partial charge in [0.15, 0.2) is 0 Å². The molecule has 0 aliphatic heterocycles. The van der Waals surface area contributed by atoms with E-state index in [1.807, 2.05) is 6.92 Å². The van der Waals surface area contributed by atoms with Crippen LogP contribution in [0.25, 0.3) is 0 Å². The number of pyridine rings is 1. The largest absolute Gasteiger partial charge is 0.310 e. The molecule has 17 heavy (non-hydrogen) atoms. The minimum atomic E-state index is 0.0516. The molecule has 1 N–H and O–H groups in total. The van der Waals surface area contributed by atoms with Crippen molar-refractivity contribution < 1.29 is 4.79 Å². The van der Waals surface area contributed by atoms with Crippen LogP contribution in [0.1, 0.15) is 39.5 Å². The van der Waals surface area contributed by atoms with E-state index in [0.717, 1.165) is 25.7 Å². The van der Waals surface area contributed by atoms with E-state index in [1.54, 1.807) is 12.1 Å². The van der Waals surface area contributed by atoms with E-state index < -0.39 is 0 Å². The molecule has 3 nitrogen and oxygen atoms in total. The molecule has 1 atom stereocenters. The molecule has 1 amide bonds. The molecule has 0 fully saturated rings. The van der Waals surface area contributed by atoms with Crippen molar-refractivity contribution in [2.75, 3.05) is 5.32 Å². The normalized spacial score (nSPS) is 12.2. The molecule has 0 radical (unpaired) electrons. The van der Waals surface area contributed by atoms with Gasteiger partial charge in [-0.2, -0.15) is 0 Å². The van der Waals surface area contributed by atoms with Crippen LogP contribution < -0.4 is 5.32 Å². The summed E-state index contributed by atoms with van der Waals surface area (Å²) in [5.74, 6) is 0.692. The maximum atomic E-state index is 12.0. The number of anilines is 1. The topological polar surface area (TPSA) is 42.0 Å². The zero-order valence-electron chi connectivity index (χ0n) is 10.4. The highest BCUT2D eigenvalue weighted by Crippen LogP contribution is 2.16. The summed E-state index contributed by atoms with van der Waals surface area (Å²) in [4.78, 5) is 16.0. The van der Waals surface area contributed by atoms with Crippen molar-refractivity contribution in [3.63, 3.8) is 0 Å². The Hall–Kier alpha value is -1.09. The molecular weight excluding hydrogens is 236 g/mol. The van der Waals surface area contributed by atoms with E-state index in [0.29, 0.717) is 10.8 Å². The van der Waals surface area contributed by atoms with Crippen LogP contribution in [0, 0.1) is 5.92 Å². The molecule has 0 saturated carbocycles. The third-order valence-electron chi connectivity index (χ3n) is 2.75. The van der Waals surface area contributed by atoms with Crippen LogP contribution in [0.5, 0.6) is 0 Å². The van der Waals surface area contributed by atoms with E-state index in [-0.39, 0.29) is 11.8 Å². The van der Waals surface area contributed by atoms with Crippen LogP contribution in [-0.2, 0) is 4.79 Å². The average molecular weight is 255 g/mol. The zero-order chi connectivity index (χ0) is 12.7. The molecule has 0 aromatic carbocycles. The minimum absolute atomic E-state index is 0.0516. The van der Waals surface area contributed by atoms with Crippen molar-refractivity contribution in [1.29, 1.82) is 0 Å². The zero-order valence-corrected chi connectivity index (χ0v) is 11.1. The number of rotatable bonds is 6. The molecule has 1 aromatic rings. The standard InChI is InChI=1S/C13H19ClN2O/c1-3-5-6-10(4-2)13(17)16-12-8-7-11(14)9-15-12/h7-10H,3-6H2,1-2H3,(H,15,16,17)/t10-/m1/s1. The van der Waals surface area contributed by atoms with Crippen molar-refractivity contribution in [1.82, 2.24) is 4.98 Å². The Morgan fingerprint density at radius 3 is 2.76 bits per heavy atom. The van der Waals surface area contributed by atoms with Crippen LogP contribution in [0.4, 0.5) is 5.82 Å². The molecule has 1 aromatic heterocycles. The van der Waals surface area contributed by atoms with Gasteiger partial charge >= 0.3 is 0 Å². The Morgan fingerprint density at radius 2 is 2.24 bits per heavy atom. The number of amides is 1. The Morgan fingerprint density at radius 1 is 1.47 bits per heavy atom. The van der Waals surface area contributed by atoms with Gasteiger partial charge in [0, 0.05) is 12.1 Å². The molecule has 0 spiro atoms. The van der Waals surface area contributed by atoms with Crippen LogP contribution >= 0.6 is 11.6 Å². The quantitative estimate of drug-likeness (QED) is 0.837. The summed E-state index contributed by atoms with van der Waals surface area (Å²) in [5.41, 5.74) is 0. The molecule has 0 aliphatic rings. The number of nitrogens with one attached hydrogen (secondary N) is 1. The molecular formula is C13H19ClN2O. The van der Waals surface area contributed by atoms with Gasteiger partial charge in [-0.1, -0.05) is 38.3 Å². The summed E-state index contributed by atoms with van der Waals surface area (Å²) in [7, 11) is 0. The first-order valence-electron chi connectivity index (χ1n) is 6.09. The number of unbranched alkanes of at least 4 members (excludes halogenated alkanes) is 1. The number of carbonyl (C=O) groups excluding carboxylic acids is 1. The lowest BCUT2D eigenvalue weighted by Crippen LogP contribution is -2.22. The summed E-state index contributed by atoms with van der Waals surface area (Å²) in [6.45, 7) is 4.17. The molecule has 0 aliphatic carbocycles. The number of nitrogens with zero attached hydrogens (tertiary/aromatic N) is 1. The minimum Gasteiger partial charge on any atom is -0.310 e.